The molecule has 2 aromatic carbocycles. The molecular formula is C20H25NO. The van der Waals surface area contributed by atoms with Gasteiger partial charge in [0.05, 0.1) is 6.42 Å². The van der Waals surface area contributed by atoms with Gasteiger partial charge in [0.1, 0.15) is 0 Å². The average Bonchev–Trinajstić information content (AvgIpc) is 2.51. The molecule has 0 saturated carbocycles. The molecular weight excluding hydrogens is 270 g/mol. The molecule has 2 heteroatoms. The Bertz CT molecular complexity index is 643. The van der Waals surface area contributed by atoms with Gasteiger partial charge in [-0.2, -0.15) is 0 Å². The molecule has 2 nitrogen and oxygen atoms in total. The summed E-state index contributed by atoms with van der Waals surface area (Å²) >= 11 is 0. The van der Waals surface area contributed by atoms with Crippen molar-refractivity contribution in [2.24, 2.45) is 0 Å². The number of benzene rings is 2. The molecule has 0 aliphatic carbocycles. The Morgan fingerprint density at radius 2 is 1.73 bits per heavy atom. The Hall–Kier alpha value is -2.09. The summed E-state index contributed by atoms with van der Waals surface area (Å²) in [5.41, 5.74) is 5.71. The summed E-state index contributed by atoms with van der Waals surface area (Å²) < 4.78 is 0. The van der Waals surface area contributed by atoms with Crippen LogP contribution in [0.3, 0.4) is 0 Å². The maximum Gasteiger partial charge on any atom is 0.228 e. The molecule has 2 aromatic rings. The lowest BCUT2D eigenvalue weighted by Gasteiger charge is -2.11. The quantitative estimate of drug-likeness (QED) is 0.826. The topological polar surface area (TPSA) is 29.1 Å². The van der Waals surface area contributed by atoms with Crippen LogP contribution < -0.4 is 5.32 Å². The number of hydrogen-bond donors (Lipinski definition) is 1. The van der Waals surface area contributed by atoms with Crippen LogP contribution in [0.2, 0.25) is 0 Å². The van der Waals surface area contributed by atoms with E-state index in [0.717, 1.165) is 17.7 Å². The maximum absolute atomic E-state index is 12.1. The molecule has 0 unspecified atom stereocenters. The van der Waals surface area contributed by atoms with Crippen molar-refractivity contribution in [2.45, 2.75) is 46.5 Å². The van der Waals surface area contributed by atoms with E-state index >= 15 is 0 Å². The van der Waals surface area contributed by atoms with Crippen LogP contribution in [-0.4, -0.2) is 5.91 Å². The first-order valence-corrected chi connectivity index (χ1v) is 7.95. The van der Waals surface area contributed by atoms with Gasteiger partial charge in [-0.05, 0) is 60.6 Å². The molecule has 0 aromatic heterocycles. The van der Waals surface area contributed by atoms with Gasteiger partial charge in [0, 0.05) is 5.69 Å². The van der Waals surface area contributed by atoms with E-state index in [-0.39, 0.29) is 5.91 Å². The zero-order valence-electron chi connectivity index (χ0n) is 13.9. The van der Waals surface area contributed by atoms with Crippen LogP contribution in [0, 0.1) is 13.8 Å². The predicted molar refractivity (Wildman–Crippen MR) is 93.4 cm³/mol. The molecule has 1 N–H and O–H groups in total. The SMILES string of the molecule is CC[C@@H](C)c1ccc(NC(=O)Cc2ccc(C)c(C)c2)cc1. The van der Waals surface area contributed by atoms with Crippen LogP contribution in [0.5, 0.6) is 0 Å². The summed E-state index contributed by atoms with van der Waals surface area (Å²) in [7, 11) is 0. The minimum absolute atomic E-state index is 0.0274. The Morgan fingerprint density at radius 1 is 1.05 bits per heavy atom. The van der Waals surface area contributed by atoms with Crippen molar-refractivity contribution in [1.82, 2.24) is 0 Å². The Balaban J connectivity index is 1.98. The molecule has 1 amide bonds. The van der Waals surface area contributed by atoms with Crippen molar-refractivity contribution in [2.75, 3.05) is 5.32 Å². The second kappa shape index (κ2) is 7.26. The fourth-order valence-electron chi connectivity index (χ4n) is 2.43. The monoisotopic (exact) mass is 295 g/mol. The molecule has 0 aliphatic rings. The van der Waals surface area contributed by atoms with Gasteiger partial charge >= 0.3 is 0 Å². The van der Waals surface area contributed by atoms with E-state index in [4.69, 9.17) is 0 Å². The molecule has 0 saturated heterocycles. The highest BCUT2D eigenvalue weighted by atomic mass is 16.1. The Kier molecular flexibility index (Phi) is 5.37. The lowest BCUT2D eigenvalue weighted by Crippen LogP contribution is -2.14. The van der Waals surface area contributed by atoms with E-state index in [0.29, 0.717) is 12.3 Å². The Labute approximate surface area is 133 Å². The predicted octanol–water partition coefficient (Wildman–Crippen LogP) is 5.00. The number of amides is 1. The smallest absolute Gasteiger partial charge is 0.228 e. The highest BCUT2D eigenvalue weighted by Crippen LogP contribution is 2.20. The van der Waals surface area contributed by atoms with Gasteiger partial charge in [-0.3, -0.25) is 4.79 Å². The summed E-state index contributed by atoms with van der Waals surface area (Å²) in [6, 6.07) is 14.3. The van der Waals surface area contributed by atoms with Crippen LogP contribution >= 0.6 is 0 Å². The van der Waals surface area contributed by atoms with Crippen molar-refractivity contribution >= 4 is 11.6 Å². The van der Waals surface area contributed by atoms with Crippen molar-refractivity contribution in [1.29, 1.82) is 0 Å². The van der Waals surface area contributed by atoms with Crippen molar-refractivity contribution in [3.63, 3.8) is 0 Å². The van der Waals surface area contributed by atoms with Gasteiger partial charge in [-0.1, -0.05) is 44.2 Å². The normalized spacial score (nSPS) is 12.0. The molecule has 2 rings (SSSR count). The zero-order valence-corrected chi connectivity index (χ0v) is 13.9. The van der Waals surface area contributed by atoms with E-state index in [1.807, 2.05) is 18.2 Å². The molecule has 0 bridgehead atoms. The third kappa shape index (κ3) is 4.20. The zero-order chi connectivity index (χ0) is 16.1. The molecule has 0 spiro atoms. The summed E-state index contributed by atoms with van der Waals surface area (Å²) in [4.78, 5) is 12.1. The van der Waals surface area contributed by atoms with Gasteiger partial charge in [-0.15, -0.1) is 0 Å². The number of aryl methyl sites for hydroxylation is 2. The molecule has 0 heterocycles. The number of hydrogen-bond acceptors (Lipinski definition) is 1. The van der Waals surface area contributed by atoms with Gasteiger partial charge in [0.15, 0.2) is 0 Å². The number of nitrogens with one attached hydrogen (secondary N) is 1. The number of carbonyl (C=O) groups is 1. The third-order valence-electron chi connectivity index (χ3n) is 4.31. The molecule has 116 valence electrons. The van der Waals surface area contributed by atoms with Crippen LogP contribution in [0.1, 0.15) is 48.4 Å². The van der Waals surface area contributed by atoms with Crippen LogP contribution in [0.25, 0.3) is 0 Å². The first-order valence-electron chi connectivity index (χ1n) is 7.95. The molecule has 0 fully saturated rings. The number of carbonyl (C=O) groups excluding carboxylic acids is 1. The molecule has 1 atom stereocenters. The van der Waals surface area contributed by atoms with Crippen molar-refractivity contribution < 1.29 is 4.79 Å². The van der Waals surface area contributed by atoms with E-state index in [1.54, 1.807) is 0 Å². The fraction of sp³-hybridized carbons (Fsp3) is 0.350. The standard InChI is InChI=1S/C20H25NO/c1-5-14(2)18-8-10-19(11-9-18)21-20(22)13-17-7-6-15(3)16(4)12-17/h6-12,14H,5,13H2,1-4H3,(H,21,22)/t14-/m1/s1. The largest absolute Gasteiger partial charge is 0.326 e. The fourth-order valence-corrected chi connectivity index (χ4v) is 2.43. The summed E-state index contributed by atoms with van der Waals surface area (Å²) in [5.74, 6) is 0.583. The van der Waals surface area contributed by atoms with Crippen molar-refractivity contribution in [3.8, 4) is 0 Å². The van der Waals surface area contributed by atoms with Crippen LogP contribution in [-0.2, 0) is 11.2 Å². The van der Waals surface area contributed by atoms with E-state index in [2.05, 4.69) is 57.3 Å². The summed E-state index contributed by atoms with van der Waals surface area (Å²) in [6.07, 6.45) is 1.53. The molecule has 0 radical (unpaired) electrons. The van der Waals surface area contributed by atoms with Gasteiger partial charge in [-0.25, -0.2) is 0 Å². The third-order valence-corrected chi connectivity index (χ3v) is 4.31. The van der Waals surface area contributed by atoms with E-state index in [1.165, 1.54) is 16.7 Å². The first kappa shape index (κ1) is 16.3. The minimum Gasteiger partial charge on any atom is -0.326 e. The number of anilines is 1. The highest BCUT2D eigenvalue weighted by molar-refractivity contribution is 5.92. The summed E-state index contributed by atoms with van der Waals surface area (Å²) in [5, 5.41) is 2.97. The minimum atomic E-state index is 0.0274. The first-order chi connectivity index (χ1) is 10.5. The molecule has 22 heavy (non-hydrogen) atoms. The molecule has 0 aliphatic heterocycles. The van der Waals surface area contributed by atoms with Gasteiger partial charge in [0.2, 0.25) is 5.91 Å². The second-order valence-corrected chi connectivity index (χ2v) is 6.07. The highest BCUT2D eigenvalue weighted by Gasteiger charge is 2.06. The number of rotatable bonds is 5. The lowest BCUT2D eigenvalue weighted by molar-refractivity contribution is -0.115. The maximum atomic E-state index is 12.1. The van der Waals surface area contributed by atoms with Crippen LogP contribution in [0.15, 0.2) is 42.5 Å². The van der Waals surface area contributed by atoms with E-state index in [9.17, 15) is 4.79 Å². The van der Waals surface area contributed by atoms with E-state index < -0.39 is 0 Å². The van der Waals surface area contributed by atoms with Gasteiger partial charge in [0.25, 0.3) is 0 Å². The van der Waals surface area contributed by atoms with Crippen LogP contribution in [0.4, 0.5) is 5.69 Å². The van der Waals surface area contributed by atoms with Crippen molar-refractivity contribution in [3.05, 3.63) is 64.7 Å². The van der Waals surface area contributed by atoms with Gasteiger partial charge < -0.3 is 5.32 Å². The lowest BCUT2D eigenvalue weighted by atomic mass is 9.98. The second-order valence-electron chi connectivity index (χ2n) is 6.07. The Morgan fingerprint density at radius 3 is 2.32 bits per heavy atom. The average molecular weight is 295 g/mol. The summed E-state index contributed by atoms with van der Waals surface area (Å²) in [6.45, 7) is 8.56.